The first-order valence-electron chi connectivity index (χ1n) is 5.02. The van der Waals surface area contributed by atoms with Gasteiger partial charge in [0.2, 0.25) is 0 Å². The second kappa shape index (κ2) is 3.99. The standard InChI is InChI=1S/C12H14BrNO/c1-7(15)5-10-8(2)14-12-4-3-9(13)6-11(10)12/h3-4,6-7,14-15H,5H2,1-2H3. The van der Waals surface area contributed by atoms with Gasteiger partial charge in [0.25, 0.3) is 0 Å². The molecule has 0 saturated carbocycles. The van der Waals surface area contributed by atoms with Crippen molar-refractivity contribution in [3.63, 3.8) is 0 Å². The number of halogens is 1. The Morgan fingerprint density at radius 1 is 1.47 bits per heavy atom. The molecule has 1 atom stereocenters. The molecule has 2 N–H and O–H groups in total. The number of aliphatic hydroxyl groups excluding tert-OH is 1. The molecule has 1 aromatic heterocycles. The van der Waals surface area contributed by atoms with Gasteiger partial charge in [-0.05, 0) is 37.6 Å². The van der Waals surface area contributed by atoms with E-state index in [1.54, 1.807) is 0 Å². The quantitative estimate of drug-likeness (QED) is 0.862. The summed E-state index contributed by atoms with van der Waals surface area (Å²) in [6, 6.07) is 6.17. The van der Waals surface area contributed by atoms with Crippen molar-refractivity contribution in [2.75, 3.05) is 0 Å². The van der Waals surface area contributed by atoms with E-state index in [1.807, 2.05) is 19.9 Å². The summed E-state index contributed by atoms with van der Waals surface area (Å²) in [5, 5.41) is 10.6. The highest BCUT2D eigenvalue weighted by molar-refractivity contribution is 9.10. The minimum atomic E-state index is -0.304. The van der Waals surface area contributed by atoms with E-state index < -0.39 is 0 Å². The van der Waals surface area contributed by atoms with E-state index in [0.29, 0.717) is 6.42 Å². The van der Waals surface area contributed by atoms with Crippen molar-refractivity contribution in [1.82, 2.24) is 4.98 Å². The lowest BCUT2D eigenvalue weighted by molar-refractivity contribution is 0.195. The van der Waals surface area contributed by atoms with Crippen molar-refractivity contribution in [3.8, 4) is 0 Å². The Balaban J connectivity index is 2.60. The number of nitrogens with one attached hydrogen (secondary N) is 1. The van der Waals surface area contributed by atoms with E-state index in [2.05, 4.69) is 33.0 Å². The highest BCUT2D eigenvalue weighted by Gasteiger charge is 2.10. The van der Waals surface area contributed by atoms with Crippen molar-refractivity contribution >= 4 is 26.8 Å². The van der Waals surface area contributed by atoms with Crippen LogP contribution in [-0.4, -0.2) is 16.2 Å². The van der Waals surface area contributed by atoms with E-state index in [4.69, 9.17) is 0 Å². The van der Waals surface area contributed by atoms with E-state index >= 15 is 0 Å². The molecular weight excluding hydrogens is 254 g/mol. The molecule has 0 radical (unpaired) electrons. The van der Waals surface area contributed by atoms with Gasteiger partial charge < -0.3 is 10.1 Å². The molecule has 0 bridgehead atoms. The summed E-state index contributed by atoms with van der Waals surface area (Å²) in [5.41, 5.74) is 3.48. The number of fused-ring (bicyclic) bond motifs is 1. The highest BCUT2D eigenvalue weighted by atomic mass is 79.9. The maximum Gasteiger partial charge on any atom is 0.0553 e. The number of hydrogen-bond acceptors (Lipinski definition) is 1. The molecule has 2 aromatic rings. The molecule has 0 amide bonds. The molecule has 80 valence electrons. The molecule has 2 rings (SSSR count). The van der Waals surface area contributed by atoms with Gasteiger partial charge in [-0.2, -0.15) is 0 Å². The Labute approximate surface area is 97.4 Å². The number of aromatic nitrogens is 1. The van der Waals surface area contributed by atoms with Gasteiger partial charge in [0.05, 0.1) is 6.10 Å². The van der Waals surface area contributed by atoms with Crippen LogP contribution in [0.5, 0.6) is 0 Å². The minimum absolute atomic E-state index is 0.304. The lowest BCUT2D eigenvalue weighted by Crippen LogP contribution is -2.04. The van der Waals surface area contributed by atoms with Crippen LogP contribution in [0.15, 0.2) is 22.7 Å². The first-order valence-corrected chi connectivity index (χ1v) is 5.82. The minimum Gasteiger partial charge on any atom is -0.393 e. The Hall–Kier alpha value is -0.800. The Bertz CT molecular complexity index is 488. The average molecular weight is 268 g/mol. The second-order valence-corrected chi connectivity index (χ2v) is 4.89. The van der Waals surface area contributed by atoms with E-state index in [1.165, 1.54) is 10.9 Å². The number of aliphatic hydroxyl groups is 1. The Morgan fingerprint density at radius 2 is 2.20 bits per heavy atom. The van der Waals surface area contributed by atoms with Crippen LogP contribution in [0, 0.1) is 6.92 Å². The largest absolute Gasteiger partial charge is 0.393 e. The van der Waals surface area contributed by atoms with Gasteiger partial charge in [0.15, 0.2) is 0 Å². The molecule has 15 heavy (non-hydrogen) atoms. The number of benzene rings is 1. The molecule has 1 unspecified atom stereocenters. The van der Waals surface area contributed by atoms with Crippen molar-refractivity contribution in [1.29, 1.82) is 0 Å². The summed E-state index contributed by atoms with van der Waals surface area (Å²) in [5.74, 6) is 0. The van der Waals surface area contributed by atoms with E-state index in [9.17, 15) is 5.11 Å². The van der Waals surface area contributed by atoms with Crippen LogP contribution >= 0.6 is 15.9 Å². The number of aryl methyl sites for hydroxylation is 1. The Morgan fingerprint density at radius 3 is 2.87 bits per heavy atom. The van der Waals surface area contributed by atoms with Crippen molar-refractivity contribution in [2.45, 2.75) is 26.4 Å². The molecule has 1 aromatic carbocycles. The highest BCUT2D eigenvalue weighted by Crippen LogP contribution is 2.26. The zero-order chi connectivity index (χ0) is 11.0. The normalized spacial score (nSPS) is 13.3. The first-order chi connectivity index (χ1) is 7.08. The first kappa shape index (κ1) is 10.7. The van der Waals surface area contributed by atoms with Gasteiger partial charge in [0.1, 0.15) is 0 Å². The summed E-state index contributed by atoms with van der Waals surface area (Å²) in [6.45, 7) is 3.86. The van der Waals surface area contributed by atoms with Gasteiger partial charge in [-0.3, -0.25) is 0 Å². The molecule has 0 saturated heterocycles. The van der Waals surface area contributed by atoms with Gasteiger partial charge in [-0.1, -0.05) is 15.9 Å². The summed E-state index contributed by atoms with van der Waals surface area (Å²) in [7, 11) is 0. The van der Waals surface area contributed by atoms with Crippen molar-refractivity contribution < 1.29 is 5.11 Å². The fourth-order valence-corrected chi connectivity index (χ4v) is 2.27. The average Bonchev–Trinajstić information content (AvgIpc) is 2.43. The number of aromatic amines is 1. The molecular formula is C12H14BrNO. The summed E-state index contributed by atoms with van der Waals surface area (Å²) in [6.07, 6.45) is 0.393. The predicted molar refractivity (Wildman–Crippen MR) is 66.1 cm³/mol. The van der Waals surface area contributed by atoms with Crippen LogP contribution in [0.3, 0.4) is 0 Å². The van der Waals surface area contributed by atoms with Crippen LogP contribution in [0.4, 0.5) is 0 Å². The molecule has 1 heterocycles. The lowest BCUT2D eigenvalue weighted by atomic mass is 10.1. The third-order valence-corrected chi connectivity index (χ3v) is 3.07. The van der Waals surface area contributed by atoms with Crippen LogP contribution < -0.4 is 0 Å². The smallest absolute Gasteiger partial charge is 0.0553 e. The van der Waals surface area contributed by atoms with Crippen molar-refractivity contribution in [2.24, 2.45) is 0 Å². The topological polar surface area (TPSA) is 36.0 Å². The van der Waals surface area contributed by atoms with Crippen molar-refractivity contribution in [3.05, 3.63) is 33.9 Å². The Kier molecular flexibility index (Phi) is 2.85. The zero-order valence-electron chi connectivity index (χ0n) is 8.84. The van der Waals surface area contributed by atoms with Gasteiger partial charge >= 0.3 is 0 Å². The fraction of sp³-hybridized carbons (Fsp3) is 0.333. The third-order valence-electron chi connectivity index (χ3n) is 2.58. The second-order valence-electron chi connectivity index (χ2n) is 3.97. The van der Waals surface area contributed by atoms with Crippen LogP contribution in [0.1, 0.15) is 18.2 Å². The summed E-state index contributed by atoms with van der Waals surface area (Å²) in [4.78, 5) is 3.33. The van der Waals surface area contributed by atoms with E-state index in [0.717, 1.165) is 15.7 Å². The molecule has 0 spiro atoms. The monoisotopic (exact) mass is 267 g/mol. The molecule has 0 fully saturated rings. The van der Waals surface area contributed by atoms with Gasteiger partial charge in [0, 0.05) is 27.5 Å². The maximum atomic E-state index is 9.45. The van der Waals surface area contributed by atoms with Gasteiger partial charge in [-0.15, -0.1) is 0 Å². The van der Waals surface area contributed by atoms with E-state index in [-0.39, 0.29) is 6.10 Å². The molecule has 2 nitrogen and oxygen atoms in total. The molecule has 0 aliphatic rings. The molecule has 0 aliphatic carbocycles. The number of rotatable bonds is 2. The predicted octanol–water partition coefficient (Wildman–Crippen LogP) is 3.16. The SMILES string of the molecule is Cc1[nH]c2ccc(Br)cc2c1CC(C)O. The van der Waals surface area contributed by atoms with Crippen LogP contribution in [0.2, 0.25) is 0 Å². The fourth-order valence-electron chi connectivity index (χ4n) is 1.91. The lowest BCUT2D eigenvalue weighted by Gasteiger charge is -2.04. The van der Waals surface area contributed by atoms with Gasteiger partial charge in [-0.25, -0.2) is 0 Å². The summed E-state index contributed by atoms with van der Waals surface area (Å²) < 4.78 is 1.07. The van der Waals surface area contributed by atoms with Crippen LogP contribution in [-0.2, 0) is 6.42 Å². The maximum absolute atomic E-state index is 9.45. The molecule has 3 heteroatoms. The zero-order valence-corrected chi connectivity index (χ0v) is 10.4. The third kappa shape index (κ3) is 2.08. The number of H-pyrrole nitrogens is 1. The molecule has 0 aliphatic heterocycles. The van der Waals surface area contributed by atoms with Crippen LogP contribution in [0.25, 0.3) is 10.9 Å². The number of hydrogen-bond donors (Lipinski definition) is 2. The summed E-state index contributed by atoms with van der Waals surface area (Å²) >= 11 is 3.47.